The first-order valence-electron chi connectivity index (χ1n) is 28.2. The van der Waals surface area contributed by atoms with Crippen LogP contribution in [0, 0.1) is 37.0 Å². The molecule has 91 heavy (non-hydrogen) atoms. The van der Waals surface area contributed by atoms with Crippen molar-refractivity contribution in [2.24, 2.45) is 0 Å². The SMILES string of the molecule is ClCCl.ClCCl.[C-]#Cc1ccccc1.[C-]#Cc1ccccc1.[C-]#Cc1ccccc1.[Cu+].[Cu+].[Cu+].c1ccc([PH+](c2ccccc2)c2ccccc2[PH+](c2ccccc2[PH+](c2ccccc2)c2ccccc2)c2ccccc2[PH+](c2ccccc2)c2ccccc2)cc1. The molecule has 0 aliphatic heterocycles. The monoisotopic (exact) mass is 1480 g/mol. The Morgan fingerprint density at radius 1 is 0.198 bits per heavy atom. The molecule has 0 aromatic heterocycles. The summed E-state index contributed by atoms with van der Waals surface area (Å²) in [5.74, 6) is 6.83. The Hall–Kier alpha value is -6.24. The molecular formula is C80H65Cl4Cu3P4+4. The summed E-state index contributed by atoms with van der Waals surface area (Å²) < 4.78 is 0. The largest absolute Gasteiger partial charge is 1.00 e. The van der Waals surface area contributed by atoms with Gasteiger partial charge in [-0.2, -0.15) is 0 Å². The molecule has 0 nitrogen and oxygen atoms in total. The van der Waals surface area contributed by atoms with Gasteiger partial charge in [-0.15, -0.1) is 99.5 Å². The zero-order chi connectivity index (χ0) is 61.8. The van der Waals surface area contributed by atoms with Gasteiger partial charge in [0.25, 0.3) is 0 Å². The molecule has 0 fully saturated rings. The number of hydrogen-bond acceptors (Lipinski definition) is 0. The molecule has 0 heterocycles. The predicted octanol–water partition coefficient (Wildman–Crippen LogP) is 15.4. The Morgan fingerprint density at radius 2 is 0.319 bits per heavy atom. The van der Waals surface area contributed by atoms with E-state index in [-0.39, 0.29) is 61.9 Å². The molecule has 0 atom stereocenters. The number of hydrogen-bond donors (Lipinski definition) is 0. The Morgan fingerprint density at radius 3 is 0.451 bits per heavy atom. The number of alkyl halides is 4. The van der Waals surface area contributed by atoms with Crippen LogP contribution < -0.4 is 63.7 Å². The molecule has 12 rings (SSSR count). The van der Waals surface area contributed by atoms with Gasteiger partial charge in [-0.1, -0.05) is 200 Å². The summed E-state index contributed by atoms with van der Waals surface area (Å²) in [4.78, 5) is 0. The average molecular weight is 1480 g/mol. The van der Waals surface area contributed by atoms with Gasteiger partial charge in [0.15, 0.2) is 0 Å². The van der Waals surface area contributed by atoms with Crippen LogP contribution in [0.25, 0.3) is 0 Å². The summed E-state index contributed by atoms with van der Waals surface area (Å²) in [5, 5.41) is 17.7. The van der Waals surface area contributed by atoms with Crippen LogP contribution in [0.3, 0.4) is 0 Å². The molecule has 12 aromatic rings. The Kier molecular flexibility index (Phi) is 38.3. The summed E-state index contributed by atoms with van der Waals surface area (Å²) in [6, 6.07) is 124. The van der Waals surface area contributed by atoms with E-state index in [9.17, 15) is 0 Å². The Labute approximate surface area is 597 Å². The van der Waals surface area contributed by atoms with E-state index in [4.69, 9.17) is 65.7 Å². The van der Waals surface area contributed by atoms with Crippen molar-refractivity contribution in [2.45, 2.75) is 0 Å². The minimum absolute atomic E-state index is 0. The van der Waals surface area contributed by atoms with E-state index in [0.717, 1.165) is 16.7 Å². The van der Waals surface area contributed by atoms with Gasteiger partial charge in [0.05, 0.1) is 10.7 Å². The third-order valence-electron chi connectivity index (χ3n) is 13.5. The van der Waals surface area contributed by atoms with Crippen molar-refractivity contribution in [3.8, 4) is 17.8 Å². The van der Waals surface area contributed by atoms with E-state index >= 15 is 0 Å². The molecule has 0 radical (unpaired) electrons. The topological polar surface area (TPSA) is 0 Å². The second-order valence-electron chi connectivity index (χ2n) is 19.0. The van der Waals surface area contributed by atoms with E-state index in [1.165, 1.54) is 63.7 Å². The molecule has 0 amide bonds. The van der Waals surface area contributed by atoms with E-state index in [1.54, 1.807) is 0 Å². The first-order valence-corrected chi connectivity index (χ1v) is 36.4. The van der Waals surface area contributed by atoms with E-state index in [0.29, 0.717) is 0 Å². The molecule has 0 bridgehead atoms. The third kappa shape index (κ3) is 24.0. The second-order valence-corrected chi connectivity index (χ2v) is 30.3. The van der Waals surface area contributed by atoms with E-state index in [2.05, 4.69) is 273 Å². The van der Waals surface area contributed by atoms with Crippen molar-refractivity contribution in [3.05, 3.63) is 382 Å². The summed E-state index contributed by atoms with van der Waals surface area (Å²) in [6.45, 7) is 0. The Bertz CT molecular complexity index is 3480. The molecule has 0 unspecified atom stereocenters. The standard InChI is InChI=1S/C54H42P4.3C8H5.2CH2Cl2.3Cu/c1-7-25-43(26-8-1)55(44-27-9-2-10-28-44)49-37-19-22-40-52(49)58(53-41-23-20-38-50(53)56(45-29-11-3-12-30-45)46-31-13-4-14-32-46)54-42-24-21-39-51(54)57(47-33-15-5-16-34-47)48-35-17-6-18-36-48;3*1-2-8-6-4-3-5-7-8;2*2-1-3;;;/h1-42H;3*3-7H;2*1H2;;;/q;3*-1;;;3*+1/p+4. The van der Waals surface area contributed by atoms with Gasteiger partial charge in [-0.3, -0.25) is 17.8 Å². The quantitative estimate of drug-likeness (QED) is 0.0376. The van der Waals surface area contributed by atoms with Gasteiger partial charge in [0.2, 0.25) is 0 Å². The number of rotatable bonds is 12. The Balaban J connectivity index is 0.000000439. The van der Waals surface area contributed by atoms with Gasteiger partial charge in [-0.25, -0.2) is 0 Å². The number of halogens is 4. The summed E-state index contributed by atoms with van der Waals surface area (Å²) in [5.41, 5.74) is 2.48. The third-order valence-corrected chi connectivity index (χ3v) is 25.6. The van der Waals surface area contributed by atoms with Crippen molar-refractivity contribution in [1.82, 2.24) is 0 Å². The zero-order valence-electron chi connectivity index (χ0n) is 49.2. The average Bonchev–Trinajstić information content (AvgIpc) is 1.17. The molecule has 462 valence electrons. The second kappa shape index (κ2) is 45.1. The molecule has 0 aliphatic carbocycles. The predicted molar refractivity (Wildman–Crippen MR) is 398 cm³/mol. The van der Waals surface area contributed by atoms with Crippen molar-refractivity contribution in [2.75, 3.05) is 10.7 Å². The van der Waals surface area contributed by atoms with Crippen LogP contribution in [0.15, 0.2) is 346 Å². The maximum absolute atomic E-state index is 6.69. The van der Waals surface area contributed by atoms with Crippen molar-refractivity contribution in [3.63, 3.8) is 0 Å². The maximum atomic E-state index is 6.69. The molecular weight excluding hydrogens is 1420 g/mol. The molecule has 0 spiro atoms. The summed E-state index contributed by atoms with van der Waals surface area (Å²) >= 11 is 19.1. The first-order chi connectivity index (χ1) is 43.5. The first kappa shape index (κ1) is 77.2. The molecule has 11 heteroatoms. The molecule has 12 aromatic carbocycles. The van der Waals surface area contributed by atoms with Crippen LogP contribution in [0.2, 0.25) is 0 Å². The van der Waals surface area contributed by atoms with Gasteiger partial charge in [0, 0.05) is 0 Å². The maximum Gasteiger partial charge on any atom is 1.00 e. The van der Waals surface area contributed by atoms with Crippen LogP contribution in [-0.4, -0.2) is 10.7 Å². The molecule has 0 saturated heterocycles. The fourth-order valence-electron chi connectivity index (χ4n) is 9.82. The van der Waals surface area contributed by atoms with E-state index in [1.807, 2.05) is 91.0 Å². The fourth-order valence-corrected chi connectivity index (χ4v) is 22.7. The number of benzene rings is 12. The van der Waals surface area contributed by atoms with Crippen molar-refractivity contribution in [1.29, 1.82) is 0 Å². The van der Waals surface area contributed by atoms with E-state index < -0.39 is 31.7 Å². The van der Waals surface area contributed by atoms with Gasteiger partial charge < -0.3 is 19.3 Å². The van der Waals surface area contributed by atoms with Crippen LogP contribution in [0.5, 0.6) is 0 Å². The summed E-state index contributed by atoms with van der Waals surface area (Å²) in [6.07, 6.45) is 20.1. The zero-order valence-corrected chi connectivity index (χ0v) is 59.1. The van der Waals surface area contributed by atoms with Crippen LogP contribution in [-0.2, 0) is 51.2 Å². The van der Waals surface area contributed by atoms with Gasteiger partial charge in [-0.05, 0) is 109 Å². The molecule has 0 saturated carbocycles. The minimum Gasteiger partial charge on any atom is -0.366 e. The van der Waals surface area contributed by atoms with Crippen LogP contribution >= 0.6 is 78.1 Å². The van der Waals surface area contributed by atoms with Crippen LogP contribution in [0.4, 0.5) is 0 Å². The van der Waals surface area contributed by atoms with Gasteiger partial charge in [0.1, 0.15) is 95.3 Å². The van der Waals surface area contributed by atoms with Crippen LogP contribution in [0.1, 0.15) is 16.7 Å². The molecule has 0 N–H and O–H groups in total. The van der Waals surface area contributed by atoms with Crippen molar-refractivity contribution >= 4 is 142 Å². The normalized spacial score (nSPS) is 9.73. The fraction of sp³-hybridized carbons (Fsp3) is 0.0250. The van der Waals surface area contributed by atoms with Crippen molar-refractivity contribution < 1.29 is 51.2 Å². The minimum atomic E-state index is -1.67. The van der Waals surface area contributed by atoms with Gasteiger partial charge >= 0.3 is 51.2 Å². The molecule has 0 aliphatic rings. The smallest absolute Gasteiger partial charge is 0.366 e. The summed E-state index contributed by atoms with van der Waals surface area (Å²) in [7, 11) is -5.85.